The van der Waals surface area contributed by atoms with Crippen LogP contribution in [0.3, 0.4) is 0 Å². The number of halogens is 2. The number of nitrogens with two attached hydrogens (primary N) is 1. The zero-order valence-corrected chi connectivity index (χ0v) is 9.78. The minimum atomic E-state index is 0.529. The lowest BCUT2D eigenvalue weighted by atomic mass is 10.2. The molecule has 0 saturated heterocycles. The van der Waals surface area contributed by atoms with Crippen LogP contribution in [0, 0.1) is 6.92 Å². The second-order valence-electron chi connectivity index (χ2n) is 2.81. The van der Waals surface area contributed by atoms with Crippen molar-refractivity contribution in [3.05, 3.63) is 27.2 Å². The predicted molar refractivity (Wildman–Crippen MR) is 60.8 cm³/mol. The molecule has 2 N–H and O–H groups in total. The van der Waals surface area contributed by atoms with Gasteiger partial charge in [-0.25, -0.2) is 4.99 Å². The van der Waals surface area contributed by atoms with Crippen molar-refractivity contribution in [1.29, 1.82) is 0 Å². The summed E-state index contributed by atoms with van der Waals surface area (Å²) in [5, 5.41) is 0.644. The molecular formula is C9H10BrClN2. The molecule has 0 fully saturated rings. The maximum Gasteiger partial charge on any atom is 0.0965 e. The number of aryl methyl sites for hydroxylation is 1. The molecule has 0 aromatic heterocycles. The summed E-state index contributed by atoms with van der Waals surface area (Å²) >= 11 is 9.25. The Balaban J connectivity index is 3.24. The van der Waals surface area contributed by atoms with Crippen molar-refractivity contribution < 1.29 is 0 Å². The molecule has 70 valence electrons. The van der Waals surface area contributed by atoms with Gasteiger partial charge >= 0.3 is 0 Å². The Kier molecular flexibility index (Phi) is 3.33. The molecular weight excluding hydrogens is 251 g/mol. The molecule has 0 aliphatic heterocycles. The third-order valence-corrected chi connectivity index (χ3v) is 2.73. The Morgan fingerprint density at radius 3 is 2.69 bits per heavy atom. The van der Waals surface area contributed by atoms with Gasteiger partial charge in [-0.1, -0.05) is 11.6 Å². The van der Waals surface area contributed by atoms with E-state index in [1.807, 2.05) is 13.0 Å². The lowest BCUT2D eigenvalue weighted by Crippen LogP contribution is -2.04. The van der Waals surface area contributed by atoms with Gasteiger partial charge in [0, 0.05) is 4.47 Å². The standard InChI is InChI=1S/C9H10BrClN2/c1-5-3-7(10)8(11)4-9(5)13-6(2)12/h3-4H,1-2H3,(H2,12,13). The smallest absolute Gasteiger partial charge is 0.0965 e. The summed E-state index contributed by atoms with van der Waals surface area (Å²) < 4.78 is 0.875. The average molecular weight is 262 g/mol. The van der Waals surface area contributed by atoms with E-state index in [-0.39, 0.29) is 0 Å². The van der Waals surface area contributed by atoms with E-state index in [0.29, 0.717) is 10.9 Å². The highest BCUT2D eigenvalue weighted by molar-refractivity contribution is 9.10. The highest BCUT2D eigenvalue weighted by Crippen LogP contribution is 2.30. The van der Waals surface area contributed by atoms with Gasteiger partial charge in [0.15, 0.2) is 0 Å². The average Bonchev–Trinajstić information content (AvgIpc) is 1.99. The van der Waals surface area contributed by atoms with Crippen molar-refractivity contribution in [2.24, 2.45) is 10.7 Å². The van der Waals surface area contributed by atoms with Crippen LogP contribution >= 0.6 is 27.5 Å². The van der Waals surface area contributed by atoms with Gasteiger partial charge < -0.3 is 5.73 Å². The maximum atomic E-state index is 5.91. The minimum Gasteiger partial charge on any atom is -0.387 e. The zero-order valence-electron chi connectivity index (χ0n) is 7.44. The number of nitrogens with zero attached hydrogens (tertiary/aromatic N) is 1. The SMILES string of the molecule is CC(N)=Nc1cc(Cl)c(Br)cc1C. The van der Waals surface area contributed by atoms with Crippen molar-refractivity contribution in [3.8, 4) is 0 Å². The van der Waals surface area contributed by atoms with E-state index < -0.39 is 0 Å². The van der Waals surface area contributed by atoms with E-state index in [1.165, 1.54) is 0 Å². The topological polar surface area (TPSA) is 38.4 Å². The highest BCUT2D eigenvalue weighted by Gasteiger charge is 2.02. The Morgan fingerprint density at radius 1 is 1.54 bits per heavy atom. The fraction of sp³-hybridized carbons (Fsp3) is 0.222. The number of aliphatic imine (C=N–C) groups is 1. The van der Waals surface area contributed by atoms with Crippen molar-refractivity contribution in [2.75, 3.05) is 0 Å². The number of rotatable bonds is 1. The van der Waals surface area contributed by atoms with Crippen molar-refractivity contribution >= 4 is 39.1 Å². The first-order chi connectivity index (χ1) is 6.00. The van der Waals surface area contributed by atoms with E-state index in [1.54, 1.807) is 13.0 Å². The minimum absolute atomic E-state index is 0.529. The number of hydrogen-bond acceptors (Lipinski definition) is 1. The molecule has 0 bridgehead atoms. The van der Waals surface area contributed by atoms with Crippen LogP contribution in [0.2, 0.25) is 5.02 Å². The van der Waals surface area contributed by atoms with Crippen LogP contribution in [0.1, 0.15) is 12.5 Å². The van der Waals surface area contributed by atoms with Crippen molar-refractivity contribution in [2.45, 2.75) is 13.8 Å². The molecule has 0 heterocycles. The molecule has 0 atom stereocenters. The van der Waals surface area contributed by atoms with Crippen LogP contribution in [-0.4, -0.2) is 5.84 Å². The van der Waals surface area contributed by atoms with Crippen molar-refractivity contribution in [3.63, 3.8) is 0 Å². The summed E-state index contributed by atoms with van der Waals surface area (Å²) in [5.74, 6) is 0.529. The lowest BCUT2D eigenvalue weighted by molar-refractivity contribution is 1.36. The summed E-state index contributed by atoms with van der Waals surface area (Å²) in [6.45, 7) is 3.71. The number of hydrogen-bond donors (Lipinski definition) is 1. The largest absolute Gasteiger partial charge is 0.387 e. The summed E-state index contributed by atoms with van der Waals surface area (Å²) in [5.41, 5.74) is 7.33. The molecule has 0 amide bonds. The van der Waals surface area contributed by atoms with Crippen LogP contribution < -0.4 is 5.73 Å². The van der Waals surface area contributed by atoms with Crippen LogP contribution in [0.5, 0.6) is 0 Å². The van der Waals surface area contributed by atoms with Crippen LogP contribution in [0.25, 0.3) is 0 Å². The zero-order chi connectivity index (χ0) is 10.0. The van der Waals surface area contributed by atoms with E-state index in [2.05, 4.69) is 20.9 Å². The first-order valence-electron chi connectivity index (χ1n) is 3.77. The van der Waals surface area contributed by atoms with Crippen molar-refractivity contribution in [1.82, 2.24) is 0 Å². The summed E-state index contributed by atoms with van der Waals surface area (Å²) in [4.78, 5) is 4.15. The lowest BCUT2D eigenvalue weighted by Gasteiger charge is -2.03. The van der Waals surface area contributed by atoms with Gasteiger partial charge in [0.05, 0.1) is 16.5 Å². The quantitative estimate of drug-likeness (QED) is 0.610. The van der Waals surface area contributed by atoms with E-state index >= 15 is 0 Å². The molecule has 0 aliphatic rings. The van der Waals surface area contributed by atoms with E-state index in [9.17, 15) is 0 Å². The fourth-order valence-electron chi connectivity index (χ4n) is 0.946. The Morgan fingerprint density at radius 2 is 2.15 bits per heavy atom. The van der Waals surface area contributed by atoms with Gasteiger partial charge in [-0.2, -0.15) is 0 Å². The van der Waals surface area contributed by atoms with Gasteiger partial charge in [-0.05, 0) is 47.5 Å². The normalized spacial score (nSPS) is 11.8. The molecule has 0 unspecified atom stereocenters. The van der Waals surface area contributed by atoms with Crippen LogP contribution in [0.4, 0.5) is 5.69 Å². The number of amidine groups is 1. The maximum absolute atomic E-state index is 5.91. The second kappa shape index (κ2) is 4.11. The Hall–Kier alpha value is -0.540. The Labute approximate surface area is 90.9 Å². The first kappa shape index (κ1) is 10.5. The summed E-state index contributed by atoms with van der Waals surface area (Å²) in [6.07, 6.45) is 0. The molecule has 1 aromatic rings. The van der Waals surface area contributed by atoms with Gasteiger partial charge in [-0.15, -0.1) is 0 Å². The monoisotopic (exact) mass is 260 g/mol. The number of benzene rings is 1. The van der Waals surface area contributed by atoms with Gasteiger partial charge in [0.25, 0.3) is 0 Å². The third kappa shape index (κ3) is 2.71. The van der Waals surface area contributed by atoms with Gasteiger partial charge in [0.2, 0.25) is 0 Å². The first-order valence-corrected chi connectivity index (χ1v) is 4.94. The molecule has 1 rings (SSSR count). The molecule has 2 nitrogen and oxygen atoms in total. The summed E-state index contributed by atoms with van der Waals surface area (Å²) in [6, 6.07) is 3.71. The van der Waals surface area contributed by atoms with E-state index in [4.69, 9.17) is 17.3 Å². The van der Waals surface area contributed by atoms with Crippen LogP contribution in [0.15, 0.2) is 21.6 Å². The molecule has 13 heavy (non-hydrogen) atoms. The molecule has 0 spiro atoms. The molecule has 0 radical (unpaired) electrons. The summed E-state index contributed by atoms with van der Waals surface area (Å²) in [7, 11) is 0. The molecule has 0 saturated carbocycles. The predicted octanol–water partition coefficient (Wildman–Crippen LogP) is 3.42. The highest BCUT2D eigenvalue weighted by atomic mass is 79.9. The van der Waals surface area contributed by atoms with Gasteiger partial charge in [-0.3, -0.25) is 0 Å². The van der Waals surface area contributed by atoms with Gasteiger partial charge in [0.1, 0.15) is 0 Å². The molecule has 1 aromatic carbocycles. The van der Waals surface area contributed by atoms with E-state index in [0.717, 1.165) is 15.7 Å². The van der Waals surface area contributed by atoms with Crippen LogP contribution in [-0.2, 0) is 0 Å². The second-order valence-corrected chi connectivity index (χ2v) is 4.07. The Bertz CT molecular complexity index is 357. The molecule has 4 heteroatoms. The third-order valence-electron chi connectivity index (χ3n) is 1.54. The molecule has 0 aliphatic carbocycles. The fourth-order valence-corrected chi connectivity index (χ4v) is 1.56.